The zero-order valence-corrected chi connectivity index (χ0v) is 13.4. The van der Waals surface area contributed by atoms with E-state index in [-0.39, 0.29) is 23.3 Å². The van der Waals surface area contributed by atoms with Gasteiger partial charge in [0, 0.05) is 12.6 Å². The molecule has 0 radical (unpaired) electrons. The van der Waals surface area contributed by atoms with E-state index in [0.717, 1.165) is 18.4 Å². The van der Waals surface area contributed by atoms with Gasteiger partial charge >= 0.3 is 0 Å². The molecule has 1 aromatic carbocycles. The van der Waals surface area contributed by atoms with Gasteiger partial charge in [-0.1, -0.05) is 6.07 Å². The van der Waals surface area contributed by atoms with E-state index in [9.17, 15) is 14.9 Å². The van der Waals surface area contributed by atoms with Crippen molar-refractivity contribution in [2.24, 2.45) is 0 Å². The molecule has 8 heteroatoms. The predicted molar refractivity (Wildman–Crippen MR) is 87.9 cm³/mol. The number of benzene rings is 1. The van der Waals surface area contributed by atoms with E-state index in [1.54, 1.807) is 4.90 Å². The maximum Gasteiger partial charge on any atom is 0.287 e. The Bertz CT molecular complexity index is 831. The van der Waals surface area contributed by atoms with E-state index < -0.39 is 4.92 Å². The van der Waals surface area contributed by atoms with Gasteiger partial charge in [0.1, 0.15) is 18.9 Å². The molecule has 0 unspecified atom stereocenters. The van der Waals surface area contributed by atoms with Gasteiger partial charge in [0.15, 0.2) is 11.5 Å². The lowest BCUT2D eigenvalue weighted by molar-refractivity contribution is -0.384. The number of likely N-dealkylation sites (tertiary alicyclic amines) is 1. The Labute approximate surface area is 143 Å². The third-order valence-corrected chi connectivity index (χ3v) is 4.57. The van der Waals surface area contributed by atoms with Gasteiger partial charge in [-0.25, -0.2) is 0 Å². The van der Waals surface area contributed by atoms with Gasteiger partial charge in [-0.05, 0) is 30.5 Å². The molecule has 2 aromatic rings. The van der Waals surface area contributed by atoms with Crippen molar-refractivity contribution in [3.63, 3.8) is 0 Å². The molecule has 3 heterocycles. The second-order valence-corrected chi connectivity index (χ2v) is 6.09. The molecule has 1 fully saturated rings. The summed E-state index contributed by atoms with van der Waals surface area (Å²) in [7, 11) is 0. The van der Waals surface area contributed by atoms with E-state index in [4.69, 9.17) is 9.47 Å². The van der Waals surface area contributed by atoms with Crippen molar-refractivity contribution in [3.8, 4) is 11.5 Å². The summed E-state index contributed by atoms with van der Waals surface area (Å²) in [5.74, 6) is 1.18. The molecular weight excluding hydrogens is 326 g/mol. The Balaban J connectivity index is 1.59. The highest BCUT2D eigenvalue weighted by Gasteiger charge is 2.32. The average Bonchev–Trinajstić information content (AvgIpc) is 3.30. The largest absolute Gasteiger partial charge is 0.486 e. The third kappa shape index (κ3) is 2.79. The molecule has 1 saturated heterocycles. The lowest BCUT2D eigenvalue weighted by Crippen LogP contribution is -2.30. The summed E-state index contributed by atoms with van der Waals surface area (Å²) in [6.07, 6.45) is 2.96. The number of rotatable bonds is 3. The molecule has 0 spiro atoms. The van der Waals surface area contributed by atoms with Gasteiger partial charge in [0.2, 0.25) is 0 Å². The Morgan fingerprint density at radius 1 is 1.24 bits per heavy atom. The molecule has 2 aliphatic heterocycles. The summed E-state index contributed by atoms with van der Waals surface area (Å²) in [5, 5.41) is 10.8. The number of amides is 1. The zero-order valence-electron chi connectivity index (χ0n) is 13.4. The molecule has 8 nitrogen and oxygen atoms in total. The lowest BCUT2D eigenvalue weighted by atomic mass is 10.0. The van der Waals surface area contributed by atoms with Gasteiger partial charge in [0.05, 0.1) is 17.2 Å². The molecule has 1 amide bonds. The van der Waals surface area contributed by atoms with Crippen molar-refractivity contribution < 1.29 is 19.2 Å². The minimum absolute atomic E-state index is 0.0781. The first-order valence-electron chi connectivity index (χ1n) is 8.17. The van der Waals surface area contributed by atoms with E-state index in [1.165, 1.54) is 12.3 Å². The van der Waals surface area contributed by atoms with Crippen LogP contribution in [0.4, 0.5) is 5.69 Å². The number of hydrogen-bond donors (Lipinski definition) is 1. The maximum atomic E-state index is 12.8. The quantitative estimate of drug-likeness (QED) is 0.682. The van der Waals surface area contributed by atoms with Crippen LogP contribution in [0.5, 0.6) is 11.5 Å². The second-order valence-electron chi connectivity index (χ2n) is 6.09. The fourth-order valence-electron chi connectivity index (χ4n) is 3.39. The van der Waals surface area contributed by atoms with Crippen LogP contribution < -0.4 is 9.47 Å². The van der Waals surface area contributed by atoms with Gasteiger partial charge in [-0.15, -0.1) is 0 Å². The lowest BCUT2D eigenvalue weighted by Gasteiger charge is -2.26. The van der Waals surface area contributed by atoms with Crippen LogP contribution in [0, 0.1) is 10.1 Å². The highest BCUT2D eigenvalue weighted by Crippen LogP contribution is 2.38. The number of carbonyl (C=O) groups excluding carboxylic acids is 1. The number of carbonyl (C=O) groups is 1. The molecule has 0 aliphatic carbocycles. The smallest absolute Gasteiger partial charge is 0.287 e. The van der Waals surface area contributed by atoms with Crippen LogP contribution in [0.3, 0.4) is 0 Å². The molecule has 1 atom stereocenters. The standard InChI is InChI=1S/C17H17N3O5/c21-17(13-9-12(10-18-13)20(22)23)19-5-1-2-14(19)11-3-4-15-16(8-11)25-7-6-24-15/h3-4,8-10,14,18H,1-2,5-7H2/t14-/m1/s1. The molecule has 4 rings (SSSR count). The van der Waals surface area contributed by atoms with Crippen molar-refractivity contribution in [1.29, 1.82) is 0 Å². The molecule has 2 aliphatic rings. The Morgan fingerprint density at radius 3 is 2.80 bits per heavy atom. The summed E-state index contributed by atoms with van der Waals surface area (Å²) in [4.78, 5) is 27.5. The molecule has 1 aromatic heterocycles. The number of ether oxygens (including phenoxy) is 2. The number of nitrogens with zero attached hydrogens (tertiary/aromatic N) is 2. The summed E-state index contributed by atoms with van der Waals surface area (Å²) >= 11 is 0. The molecular formula is C17H17N3O5. The highest BCUT2D eigenvalue weighted by molar-refractivity contribution is 5.93. The number of H-pyrrole nitrogens is 1. The van der Waals surface area contributed by atoms with Crippen molar-refractivity contribution in [3.05, 3.63) is 51.8 Å². The first kappa shape index (κ1) is 15.5. The van der Waals surface area contributed by atoms with Crippen LogP contribution in [-0.4, -0.2) is 40.5 Å². The predicted octanol–water partition coefficient (Wildman–Crippen LogP) is 2.67. The Kier molecular flexibility index (Phi) is 3.79. The fraction of sp³-hybridized carbons (Fsp3) is 0.353. The van der Waals surface area contributed by atoms with Crippen LogP contribution in [-0.2, 0) is 0 Å². The number of nitrogens with one attached hydrogen (secondary N) is 1. The first-order valence-corrected chi connectivity index (χ1v) is 8.17. The van der Waals surface area contributed by atoms with E-state index >= 15 is 0 Å². The molecule has 0 bridgehead atoms. The van der Waals surface area contributed by atoms with Crippen LogP contribution in [0.25, 0.3) is 0 Å². The van der Waals surface area contributed by atoms with Crippen molar-refractivity contribution in [2.45, 2.75) is 18.9 Å². The van der Waals surface area contributed by atoms with Gasteiger partial charge in [-0.3, -0.25) is 14.9 Å². The molecule has 25 heavy (non-hydrogen) atoms. The Hall–Kier alpha value is -3.03. The highest BCUT2D eigenvalue weighted by atomic mass is 16.6. The Morgan fingerprint density at radius 2 is 2.04 bits per heavy atom. The van der Waals surface area contributed by atoms with Crippen LogP contribution >= 0.6 is 0 Å². The number of hydrogen-bond acceptors (Lipinski definition) is 5. The van der Waals surface area contributed by atoms with E-state index in [0.29, 0.717) is 31.3 Å². The second kappa shape index (κ2) is 6.12. The summed E-state index contributed by atoms with van der Waals surface area (Å²) in [6.45, 7) is 1.66. The van der Waals surface area contributed by atoms with Gasteiger partial charge in [-0.2, -0.15) is 0 Å². The topological polar surface area (TPSA) is 97.7 Å². The van der Waals surface area contributed by atoms with Gasteiger partial charge < -0.3 is 19.4 Å². The van der Waals surface area contributed by atoms with Crippen LogP contribution in [0.2, 0.25) is 0 Å². The SMILES string of the molecule is O=C(c1cc([N+](=O)[O-])c[nH]1)N1CCC[C@@H]1c1ccc2c(c1)OCCO2. The van der Waals surface area contributed by atoms with Crippen LogP contribution in [0.1, 0.15) is 34.9 Å². The summed E-state index contributed by atoms with van der Waals surface area (Å²) in [5.41, 5.74) is 1.10. The minimum Gasteiger partial charge on any atom is -0.486 e. The number of aromatic nitrogens is 1. The van der Waals surface area contributed by atoms with Gasteiger partial charge in [0.25, 0.3) is 11.6 Å². The summed E-state index contributed by atoms with van der Waals surface area (Å²) < 4.78 is 11.2. The molecule has 0 saturated carbocycles. The molecule has 130 valence electrons. The number of fused-ring (bicyclic) bond motifs is 1. The number of aromatic amines is 1. The van der Waals surface area contributed by atoms with E-state index in [1.807, 2.05) is 18.2 Å². The third-order valence-electron chi connectivity index (χ3n) is 4.57. The van der Waals surface area contributed by atoms with E-state index in [2.05, 4.69) is 4.98 Å². The average molecular weight is 343 g/mol. The molecule has 1 N–H and O–H groups in total. The normalized spacial score (nSPS) is 19.0. The number of nitro groups is 1. The van der Waals surface area contributed by atoms with Crippen molar-refractivity contribution >= 4 is 11.6 Å². The first-order chi connectivity index (χ1) is 12.1. The minimum atomic E-state index is -0.518. The zero-order chi connectivity index (χ0) is 17.4. The van der Waals surface area contributed by atoms with Crippen molar-refractivity contribution in [2.75, 3.05) is 19.8 Å². The van der Waals surface area contributed by atoms with Crippen LogP contribution in [0.15, 0.2) is 30.5 Å². The monoisotopic (exact) mass is 343 g/mol. The fourth-order valence-corrected chi connectivity index (χ4v) is 3.39. The van der Waals surface area contributed by atoms with Crippen molar-refractivity contribution in [1.82, 2.24) is 9.88 Å². The maximum absolute atomic E-state index is 12.8. The summed E-state index contributed by atoms with van der Waals surface area (Å²) in [6, 6.07) is 6.93.